The molecule has 20 heavy (non-hydrogen) atoms. The Morgan fingerprint density at radius 3 is 2.80 bits per heavy atom. The van der Waals surface area contributed by atoms with E-state index in [0.717, 1.165) is 5.82 Å². The lowest BCUT2D eigenvalue weighted by molar-refractivity contribution is 0.0995. The number of hydrogen-bond donors (Lipinski definition) is 1. The molecule has 0 radical (unpaired) electrons. The van der Waals surface area contributed by atoms with Gasteiger partial charge in [-0.3, -0.25) is 9.36 Å². The molecule has 1 N–H and O–H groups in total. The molecule has 1 amide bonds. The molecular weight excluding hydrogens is 324 g/mol. The Balaban J connectivity index is 1.74. The zero-order valence-corrected chi connectivity index (χ0v) is 11.7. The van der Waals surface area contributed by atoms with Crippen molar-refractivity contribution in [3.63, 3.8) is 0 Å². The van der Waals surface area contributed by atoms with Gasteiger partial charge in [-0.25, -0.2) is 9.97 Å². The van der Waals surface area contributed by atoms with Crippen LogP contribution in [0.5, 0.6) is 0 Å². The Morgan fingerprint density at radius 1 is 1.30 bits per heavy atom. The highest BCUT2D eigenvalue weighted by Crippen LogP contribution is 2.16. The van der Waals surface area contributed by atoms with E-state index in [0.29, 0.717) is 10.4 Å². The van der Waals surface area contributed by atoms with Gasteiger partial charge in [-0.1, -0.05) is 0 Å². The SMILES string of the molecule is O=C(Nc1ccc(-n2ccnc2)nc1)c1ccc(Br)o1. The molecule has 7 heteroatoms. The van der Waals surface area contributed by atoms with Gasteiger partial charge >= 0.3 is 0 Å². The molecule has 0 saturated heterocycles. The molecule has 0 unspecified atom stereocenters. The molecule has 0 fully saturated rings. The molecule has 0 aliphatic carbocycles. The Morgan fingerprint density at radius 2 is 2.20 bits per heavy atom. The number of nitrogens with zero attached hydrogens (tertiary/aromatic N) is 3. The predicted octanol–water partition coefficient (Wildman–Crippen LogP) is 2.88. The summed E-state index contributed by atoms with van der Waals surface area (Å²) < 4.78 is 7.46. The third-order valence-electron chi connectivity index (χ3n) is 2.57. The first-order chi connectivity index (χ1) is 9.72. The summed E-state index contributed by atoms with van der Waals surface area (Å²) in [5.41, 5.74) is 0.589. The normalized spacial score (nSPS) is 10.4. The minimum absolute atomic E-state index is 0.232. The number of furan rings is 1. The summed E-state index contributed by atoms with van der Waals surface area (Å²) in [5.74, 6) is 0.629. The fraction of sp³-hybridized carbons (Fsp3) is 0. The third-order valence-corrected chi connectivity index (χ3v) is 3.00. The molecule has 100 valence electrons. The first-order valence-corrected chi connectivity index (χ1v) is 6.53. The van der Waals surface area contributed by atoms with Gasteiger partial charge in [-0.2, -0.15) is 0 Å². The summed E-state index contributed by atoms with van der Waals surface area (Å²) >= 11 is 3.15. The standard InChI is InChI=1S/C13H9BrN4O2/c14-11-3-2-10(20-11)13(19)17-9-1-4-12(16-7-9)18-6-5-15-8-18/h1-8H,(H,17,19). The zero-order chi connectivity index (χ0) is 13.9. The fourth-order valence-electron chi connectivity index (χ4n) is 1.64. The van der Waals surface area contributed by atoms with E-state index in [9.17, 15) is 4.79 Å². The van der Waals surface area contributed by atoms with Crippen molar-refractivity contribution in [1.29, 1.82) is 0 Å². The molecule has 0 atom stereocenters. The minimum atomic E-state index is -0.326. The Kier molecular flexibility index (Phi) is 3.34. The van der Waals surface area contributed by atoms with Crippen molar-refractivity contribution in [2.24, 2.45) is 0 Å². The summed E-state index contributed by atoms with van der Waals surface area (Å²) in [5, 5.41) is 2.70. The molecule has 6 nitrogen and oxygen atoms in total. The van der Waals surface area contributed by atoms with E-state index < -0.39 is 0 Å². The van der Waals surface area contributed by atoms with Crippen LogP contribution in [-0.4, -0.2) is 20.4 Å². The number of nitrogens with one attached hydrogen (secondary N) is 1. The maximum absolute atomic E-state index is 11.9. The first-order valence-electron chi connectivity index (χ1n) is 5.73. The predicted molar refractivity (Wildman–Crippen MR) is 75.7 cm³/mol. The molecule has 0 bridgehead atoms. The van der Waals surface area contributed by atoms with Gasteiger partial charge in [0, 0.05) is 12.4 Å². The van der Waals surface area contributed by atoms with E-state index in [1.54, 1.807) is 53.8 Å². The summed E-state index contributed by atoms with van der Waals surface area (Å²) in [6.07, 6.45) is 6.69. The maximum atomic E-state index is 11.9. The van der Waals surface area contributed by atoms with Crippen LogP contribution < -0.4 is 5.32 Å². The van der Waals surface area contributed by atoms with Crippen LogP contribution in [0.2, 0.25) is 0 Å². The van der Waals surface area contributed by atoms with Crippen LogP contribution in [0.1, 0.15) is 10.6 Å². The monoisotopic (exact) mass is 332 g/mol. The van der Waals surface area contributed by atoms with Gasteiger partial charge in [-0.15, -0.1) is 0 Å². The van der Waals surface area contributed by atoms with Crippen LogP contribution in [0.4, 0.5) is 5.69 Å². The lowest BCUT2D eigenvalue weighted by Crippen LogP contribution is -2.11. The number of rotatable bonds is 3. The number of aromatic nitrogens is 3. The summed E-state index contributed by atoms with van der Waals surface area (Å²) in [6, 6.07) is 6.80. The van der Waals surface area contributed by atoms with Crippen LogP contribution >= 0.6 is 15.9 Å². The lowest BCUT2D eigenvalue weighted by Gasteiger charge is -2.04. The van der Waals surface area contributed by atoms with Crippen LogP contribution in [0, 0.1) is 0 Å². The first kappa shape index (κ1) is 12.6. The molecule has 3 aromatic heterocycles. The van der Waals surface area contributed by atoms with Crippen LogP contribution in [0.25, 0.3) is 5.82 Å². The highest BCUT2D eigenvalue weighted by molar-refractivity contribution is 9.10. The minimum Gasteiger partial charge on any atom is -0.444 e. The molecule has 3 heterocycles. The quantitative estimate of drug-likeness (QED) is 0.800. The Labute approximate surface area is 122 Å². The van der Waals surface area contributed by atoms with Gasteiger partial charge in [0.2, 0.25) is 0 Å². The summed E-state index contributed by atoms with van der Waals surface area (Å²) in [6.45, 7) is 0. The third kappa shape index (κ3) is 2.62. The van der Waals surface area contributed by atoms with Crippen molar-refractivity contribution >= 4 is 27.5 Å². The molecule has 0 aliphatic heterocycles. The smallest absolute Gasteiger partial charge is 0.291 e. The number of halogens is 1. The molecule has 3 rings (SSSR count). The van der Waals surface area contributed by atoms with Crippen molar-refractivity contribution in [1.82, 2.24) is 14.5 Å². The highest BCUT2D eigenvalue weighted by Gasteiger charge is 2.10. The topological polar surface area (TPSA) is 73.0 Å². The van der Waals surface area contributed by atoms with Gasteiger partial charge in [-0.05, 0) is 40.2 Å². The molecule has 0 spiro atoms. The molecule has 0 aromatic carbocycles. The fourth-order valence-corrected chi connectivity index (χ4v) is 1.94. The summed E-state index contributed by atoms with van der Waals surface area (Å²) in [7, 11) is 0. The van der Waals surface area contributed by atoms with Crippen molar-refractivity contribution in [2.75, 3.05) is 5.32 Å². The highest BCUT2D eigenvalue weighted by atomic mass is 79.9. The maximum Gasteiger partial charge on any atom is 0.291 e. The van der Waals surface area contributed by atoms with E-state index in [-0.39, 0.29) is 11.7 Å². The molecular formula is C13H9BrN4O2. The van der Waals surface area contributed by atoms with E-state index in [2.05, 4.69) is 31.2 Å². The van der Waals surface area contributed by atoms with E-state index >= 15 is 0 Å². The van der Waals surface area contributed by atoms with Crippen molar-refractivity contribution in [3.05, 3.63) is 59.6 Å². The van der Waals surface area contributed by atoms with E-state index in [4.69, 9.17) is 4.42 Å². The van der Waals surface area contributed by atoms with Gasteiger partial charge in [0.15, 0.2) is 10.4 Å². The Hall–Kier alpha value is -2.41. The van der Waals surface area contributed by atoms with Gasteiger partial charge < -0.3 is 9.73 Å². The summed E-state index contributed by atoms with van der Waals surface area (Å²) in [4.78, 5) is 20.1. The van der Waals surface area contributed by atoms with Gasteiger partial charge in [0.25, 0.3) is 5.91 Å². The molecule has 0 aliphatic rings. The average Bonchev–Trinajstić information content (AvgIpc) is 3.10. The molecule has 3 aromatic rings. The second kappa shape index (κ2) is 5.30. The van der Waals surface area contributed by atoms with Crippen LogP contribution in [0.3, 0.4) is 0 Å². The van der Waals surface area contributed by atoms with Crippen LogP contribution in [-0.2, 0) is 0 Å². The number of pyridine rings is 1. The number of carbonyl (C=O) groups excluding carboxylic acids is 1. The Bertz CT molecular complexity index is 719. The van der Waals surface area contributed by atoms with E-state index in [1.807, 2.05) is 0 Å². The number of carbonyl (C=O) groups is 1. The van der Waals surface area contributed by atoms with E-state index in [1.165, 1.54) is 0 Å². The van der Waals surface area contributed by atoms with Gasteiger partial charge in [0.05, 0.1) is 11.9 Å². The largest absolute Gasteiger partial charge is 0.444 e. The lowest BCUT2D eigenvalue weighted by atomic mass is 10.3. The van der Waals surface area contributed by atoms with Crippen LogP contribution in [0.15, 0.2) is 58.3 Å². The average molecular weight is 333 g/mol. The van der Waals surface area contributed by atoms with Gasteiger partial charge in [0.1, 0.15) is 12.1 Å². The second-order valence-corrected chi connectivity index (χ2v) is 4.71. The zero-order valence-electron chi connectivity index (χ0n) is 10.2. The number of amides is 1. The number of imidazole rings is 1. The second-order valence-electron chi connectivity index (χ2n) is 3.93. The number of hydrogen-bond acceptors (Lipinski definition) is 4. The van der Waals surface area contributed by atoms with Crippen molar-refractivity contribution < 1.29 is 9.21 Å². The number of anilines is 1. The van der Waals surface area contributed by atoms with Crippen molar-refractivity contribution in [3.8, 4) is 5.82 Å². The van der Waals surface area contributed by atoms with Crippen molar-refractivity contribution in [2.45, 2.75) is 0 Å². The molecule has 0 saturated carbocycles.